The van der Waals surface area contributed by atoms with E-state index in [0.29, 0.717) is 17.9 Å². The van der Waals surface area contributed by atoms with E-state index in [4.69, 9.17) is 10.00 Å². The van der Waals surface area contributed by atoms with Gasteiger partial charge in [-0.05, 0) is 61.3 Å². The summed E-state index contributed by atoms with van der Waals surface area (Å²) in [5, 5.41) is 31.2. The molecule has 0 amide bonds. The number of hydrogen-bond donors (Lipinski definition) is 3. The highest BCUT2D eigenvalue weighted by Crippen LogP contribution is 2.12. The summed E-state index contributed by atoms with van der Waals surface area (Å²) >= 11 is 0. The van der Waals surface area contributed by atoms with Gasteiger partial charge in [-0.2, -0.15) is 5.26 Å². The first-order valence-electron chi connectivity index (χ1n) is 7.97. The van der Waals surface area contributed by atoms with E-state index in [0.717, 1.165) is 24.9 Å². The molecule has 0 aliphatic heterocycles. The van der Waals surface area contributed by atoms with Crippen LogP contribution < -0.4 is 10.1 Å². The van der Waals surface area contributed by atoms with Gasteiger partial charge in [0.05, 0.1) is 11.6 Å². The second kappa shape index (κ2) is 9.56. The maximum absolute atomic E-state index is 9.89. The van der Waals surface area contributed by atoms with Crippen LogP contribution in [-0.4, -0.2) is 36.0 Å². The Hall–Kier alpha value is -2.55. The number of aliphatic hydroxyl groups excluding tert-OH is 1. The smallest absolute Gasteiger partial charge is 0.119 e. The fourth-order valence-electron chi connectivity index (χ4n) is 2.28. The number of nitriles is 1. The fraction of sp³-hybridized carbons (Fsp3) is 0.316. The molecule has 0 heterocycles. The minimum Gasteiger partial charge on any atom is -0.508 e. The monoisotopic (exact) mass is 326 g/mol. The molecule has 0 bridgehead atoms. The third kappa shape index (κ3) is 6.29. The number of rotatable bonds is 9. The number of hydrogen-bond acceptors (Lipinski definition) is 5. The fourth-order valence-corrected chi connectivity index (χ4v) is 2.28. The zero-order valence-corrected chi connectivity index (χ0v) is 13.5. The van der Waals surface area contributed by atoms with Crippen LogP contribution in [0.1, 0.15) is 17.5 Å². The summed E-state index contributed by atoms with van der Waals surface area (Å²) in [5.74, 6) is 0.924. The molecule has 3 N–H and O–H groups in total. The number of phenolic OH excluding ortho intramolecular Hbond substituents is 1. The Kier molecular flexibility index (Phi) is 7.09. The topological polar surface area (TPSA) is 85.5 Å². The number of ether oxygens (including phenoxy) is 1. The van der Waals surface area contributed by atoms with Crippen molar-refractivity contribution in [2.24, 2.45) is 0 Å². The molecule has 0 fully saturated rings. The van der Waals surface area contributed by atoms with Crippen molar-refractivity contribution in [1.82, 2.24) is 5.32 Å². The lowest BCUT2D eigenvalue weighted by Crippen LogP contribution is -2.32. The predicted molar refractivity (Wildman–Crippen MR) is 92.0 cm³/mol. The Morgan fingerprint density at radius 1 is 1.17 bits per heavy atom. The Morgan fingerprint density at radius 2 is 1.96 bits per heavy atom. The molecule has 24 heavy (non-hydrogen) atoms. The van der Waals surface area contributed by atoms with Gasteiger partial charge in [-0.25, -0.2) is 0 Å². The van der Waals surface area contributed by atoms with E-state index in [1.807, 2.05) is 18.2 Å². The first kappa shape index (κ1) is 17.8. The zero-order chi connectivity index (χ0) is 17.2. The van der Waals surface area contributed by atoms with E-state index >= 15 is 0 Å². The summed E-state index contributed by atoms with van der Waals surface area (Å²) in [6, 6.07) is 16.1. The predicted octanol–water partition coefficient (Wildman–Crippen LogP) is 2.23. The van der Waals surface area contributed by atoms with Crippen LogP contribution in [0.25, 0.3) is 0 Å². The standard InChI is InChI=1S/C19H22N2O3/c20-12-16-6-8-19(9-7-16)24-14-18(23)13-21-10-2-4-15-3-1-5-17(22)11-15/h1,3,5-9,11,18,21-23H,2,4,10,13-14H2. The zero-order valence-electron chi connectivity index (χ0n) is 13.5. The van der Waals surface area contributed by atoms with Crippen molar-refractivity contribution in [2.45, 2.75) is 18.9 Å². The normalized spacial score (nSPS) is 11.7. The summed E-state index contributed by atoms with van der Waals surface area (Å²) in [5.41, 5.74) is 1.68. The Bertz CT molecular complexity index is 665. The molecule has 5 heteroatoms. The lowest BCUT2D eigenvalue weighted by molar-refractivity contribution is 0.106. The van der Waals surface area contributed by atoms with E-state index in [9.17, 15) is 10.2 Å². The number of benzene rings is 2. The van der Waals surface area contributed by atoms with Crippen LogP contribution >= 0.6 is 0 Å². The third-order valence-electron chi connectivity index (χ3n) is 3.54. The summed E-state index contributed by atoms with van der Waals surface area (Å²) in [7, 11) is 0. The van der Waals surface area contributed by atoms with E-state index in [2.05, 4.69) is 5.32 Å². The molecule has 5 nitrogen and oxygen atoms in total. The van der Waals surface area contributed by atoms with E-state index in [-0.39, 0.29) is 12.4 Å². The molecule has 126 valence electrons. The van der Waals surface area contributed by atoms with Crippen molar-refractivity contribution in [3.63, 3.8) is 0 Å². The second-order valence-electron chi connectivity index (χ2n) is 5.58. The van der Waals surface area contributed by atoms with Gasteiger partial charge in [0.15, 0.2) is 0 Å². The largest absolute Gasteiger partial charge is 0.508 e. The highest BCUT2D eigenvalue weighted by atomic mass is 16.5. The summed E-state index contributed by atoms with van der Waals surface area (Å²) in [6.07, 6.45) is 1.20. The van der Waals surface area contributed by atoms with Gasteiger partial charge in [0.2, 0.25) is 0 Å². The molecule has 2 aromatic rings. The van der Waals surface area contributed by atoms with Crippen LogP contribution in [0.15, 0.2) is 48.5 Å². The van der Waals surface area contributed by atoms with Crippen molar-refractivity contribution in [2.75, 3.05) is 19.7 Å². The summed E-state index contributed by atoms with van der Waals surface area (Å²) in [4.78, 5) is 0. The molecule has 0 radical (unpaired) electrons. The number of nitrogens with one attached hydrogen (secondary N) is 1. The first-order chi connectivity index (χ1) is 11.7. The average molecular weight is 326 g/mol. The van der Waals surface area contributed by atoms with Gasteiger partial charge in [0, 0.05) is 6.54 Å². The minimum absolute atomic E-state index is 0.200. The molecule has 0 aliphatic carbocycles. The van der Waals surface area contributed by atoms with Crippen molar-refractivity contribution in [3.05, 3.63) is 59.7 Å². The van der Waals surface area contributed by atoms with Gasteiger partial charge < -0.3 is 20.3 Å². The number of aromatic hydroxyl groups is 1. The Morgan fingerprint density at radius 3 is 2.67 bits per heavy atom. The first-order valence-corrected chi connectivity index (χ1v) is 7.97. The van der Waals surface area contributed by atoms with Crippen LogP contribution in [0.4, 0.5) is 0 Å². The molecule has 0 spiro atoms. The minimum atomic E-state index is -0.596. The molecule has 1 unspecified atom stereocenters. The van der Waals surface area contributed by atoms with Crippen LogP contribution in [0.5, 0.6) is 11.5 Å². The summed E-state index contributed by atoms with van der Waals surface area (Å²) < 4.78 is 5.48. The molecule has 0 aromatic heterocycles. The Balaban J connectivity index is 1.57. The SMILES string of the molecule is N#Cc1ccc(OCC(O)CNCCCc2cccc(O)c2)cc1. The molecule has 1 atom stereocenters. The highest BCUT2D eigenvalue weighted by molar-refractivity contribution is 5.34. The highest BCUT2D eigenvalue weighted by Gasteiger charge is 2.05. The number of aliphatic hydroxyl groups is 1. The van der Waals surface area contributed by atoms with Gasteiger partial charge in [0.25, 0.3) is 0 Å². The molecule has 2 rings (SSSR count). The van der Waals surface area contributed by atoms with E-state index < -0.39 is 6.10 Å². The average Bonchev–Trinajstić information content (AvgIpc) is 2.60. The van der Waals surface area contributed by atoms with Gasteiger partial charge in [-0.15, -0.1) is 0 Å². The molecule has 2 aromatic carbocycles. The van der Waals surface area contributed by atoms with E-state index in [1.165, 1.54) is 0 Å². The van der Waals surface area contributed by atoms with Crippen molar-refractivity contribution in [3.8, 4) is 17.6 Å². The molecule has 0 aliphatic rings. The third-order valence-corrected chi connectivity index (χ3v) is 3.54. The van der Waals surface area contributed by atoms with Crippen molar-refractivity contribution in [1.29, 1.82) is 5.26 Å². The number of nitrogens with zero attached hydrogens (tertiary/aromatic N) is 1. The van der Waals surface area contributed by atoms with E-state index in [1.54, 1.807) is 36.4 Å². The van der Waals surface area contributed by atoms with Gasteiger partial charge in [-0.3, -0.25) is 0 Å². The molecular weight excluding hydrogens is 304 g/mol. The van der Waals surface area contributed by atoms with Crippen molar-refractivity contribution >= 4 is 0 Å². The van der Waals surface area contributed by atoms with Crippen molar-refractivity contribution < 1.29 is 14.9 Å². The van der Waals surface area contributed by atoms with Crippen LogP contribution in [-0.2, 0) is 6.42 Å². The lowest BCUT2D eigenvalue weighted by atomic mass is 10.1. The van der Waals surface area contributed by atoms with Gasteiger partial charge >= 0.3 is 0 Å². The maximum Gasteiger partial charge on any atom is 0.119 e. The number of aryl methyl sites for hydroxylation is 1. The van der Waals surface area contributed by atoms with Crippen LogP contribution in [0, 0.1) is 11.3 Å². The Labute approximate surface area is 142 Å². The summed E-state index contributed by atoms with van der Waals surface area (Å²) in [6.45, 7) is 1.44. The van der Waals surface area contributed by atoms with Gasteiger partial charge in [-0.1, -0.05) is 12.1 Å². The molecule has 0 saturated carbocycles. The maximum atomic E-state index is 9.89. The molecular formula is C19H22N2O3. The van der Waals surface area contributed by atoms with Gasteiger partial charge in [0.1, 0.15) is 24.2 Å². The second-order valence-corrected chi connectivity index (χ2v) is 5.58. The lowest BCUT2D eigenvalue weighted by Gasteiger charge is -2.13. The van der Waals surface area contributed by atoms with Crippen LogP contribution in [0.3, 0.4) is 0 Å². The van der Waals surface area contributed by atoms with Crippen LogP contribution in [0.2, 0.25) is 0 Å². The molecule has 0 saturated heterocycles. The quantitative estimate of drug-likeness (QED) is 0.615. The number of phenols is 1.